The fraction of sp³-hybridized carbons (Fsp3) is 0.786. The first-order valence-corrected chi connectivity index (χ1v) is 7.41. The molecule has 1 aliphatic rings. The number of anilines is 3. The van der Waals surface area contributed by atoms with Crippen LogP contribution in [0.4, 0.5) is 17.8 Å². The van der Waals surface area contributed by atoms with Crippen LogP contribution in [0.1, 0.15) is 27.7 Å². The van der Waals surface area contributed by atoms with Gasteiger partial charge >= 0.3 is 0 Å². The van der Waals surface area contributed by atoms with Gasteiger partial charge in [-0.3, -0.25) is 0 Å². The van der Waals surface area contributed by atoms with Gasteiger partial charge in [-0.25, -0.2) is 0 Å². The molecule has 0 aliphatic carbocycles. The molecule has 0 aromatic carbocycles. The lowest BCUT2D eigenvalue weighted by Crippen LogP contribution is -2.52. The van der Waals surface area contributed by atoms with Crippen LogP contribution in [-0.4, -0.2) is 60.4 Å². The average Bonchev–Trinajstić information content (AvgIpc) is 2.36. The molecule has 7 heteroatoms. The number of ether oxygens (including phenoxy) is 1. The van der Waals surface area contributed by atoms with E-state index in [0.717, 1.165) is 19.6 Å². The quantitative estimate of drug-likeness (QED) is 0.899. The summed E-state index contributed by atoms with van der Waals surface area (Å²) in [7, 11) is 3.86. The molecule has 1 N–H and O–H groups in total. The van der Waals surface area contributed by atoms with Gasteiger partial charge in [0, 0.05) is 33.7 Å². The number of hydrogen-bond acceptors (Lipinski definition) is 7. The molecule has 1 aliphatic heterocycles. The van der Waals surface area contributed by atoms with Crippen molar-refractivity contribution >= 4 is 17.8 Å². The van der Waals surface area contributed by atoms with Crippen LogP contribution in [0.25, 0.3) is 0 Å². The average molecular weight is 294 g/mol. The maximum atomic E-state index is 5.94. The zero-order valence-electron chi connectivity index (χ0n) is 13.8. The Bertz CT molecular complexity index is 490. The second-order valence-corrected chi connectivity index (χ2v) is 6.25. The largest absolute Gasteiger partial charge is 0.369 e. The van der Waals surface area contributed by atoms with E-state index in [4.69, 9.17) is 4.74 Å². The minimum atomic E-state index is -0.207. The van der Waals surface area contributed by atoms with E-state index in [1.165, 1.54) is 0 Å². The summed E-state index contributed by atoms with van der Waals surface area (Å²) in [6.45, 7) is 10.6. The number of aromatic nitrogens is 3. The van der Waals surface area contributed by atoms with Crippen molar-refractivity contribution in [1.82, 2.24) is 15.0 Å². The van der Waals surface area contributed by atoms with Gasteiger partial charge < -0.3 is 19.9 Å². The molecule has 2 rings (SSSR count). The molecule has 1 fully saturated rings. The summed E-state index contributed by atoms with van der Waals surface area (Å²) in [5.41, 5.74) is -0.207. The molecule has 1 atom stereocenters. The lowest BCUT2D eigenvalue weighted by Gasteiger charge is -2.41. The molecule has 2 heterocycles. The molecule has 1 saturated heterocycles. The van der Waals surface area contributed by atoms with Crippen molar-refractivity contribution in [3.8, 4) is 0 Å². The van der Waals surface area contributed by atoms with Gasteiger partial charge in [0.25, 0.3) is 0 Å². The lowest BCUT2D eigenvalue weighted by molar-refractivity contribution is -0.0753. The Labute approximate surface area is 126 Å². The molecule has 0 radical (unpaired) electrons. The van der Waals surface area contributed by atoms with E-state index in [2.05, 4.69) is 45.9 Å². The van der Waals surface area contributed by atoms with Crippen LogP contribution < -0.4 is 15.1 Å². The van der Waals surface area contributed by atoms with Crippen molar-refractivity contribution in [2.24, 2.45) is 0 Å². The molecular formula is C14H26N6O. The van der Waals surface area contributed by atoms with Gasteiger partial charge in [-0.2, -0.15) is 15.0 Å². The van der Waals surface area contributed by atoms with Gasteiger partial charge in [0.2, 0.25) is 17.8 Å². The van der Waals surface area contributed by atoms with Gasteiger partial charge in [0.05, 0.1) is 11.7 Å². The van der Waals surface area contributed by atoms with Gasteiger partial charge in [-0.05, 0) is 27.7 Å². The predicted molar refractivity (Wildman–Crippen MR) is 85.2 cm³/mol. The van der Waals surface area contributed by atoms with Crippen LogP contribution in [0.15, 0.2) is 0 Å². The Hall–Kier alpha value is -1.63. The summed E-state index contributed by atoms with van der Waals surface area (Å²) < 4.78 is 5.94. The second kappa shape index (κ2) is 6.01. The van der Waals surface area contributed by atoms with Crippen LogP contribution in [0.2, 0.25) is 0 Å². The number of nitrogens with one attached hydrogen (secondary N) is 1. The first kappa shape index (κ1) is 15.8. The van der Waals surface area contributed by atoms with E-state index in [0.29, 0.717) is 17.8 Å². The second-order valence-electron chi connectivity index (χ2n) is 6.25. The first-order valence-electron chi connectivity index (χ1n) is 7.41. The van der Waals surface area contributed by atoms with Gasteiger partial charge in [0.1, 0.15) is 0 Å². The van der Waals surface area contributed by atoms with Crippen LogP contribution >= 0.6 is 0 Å². The standard InChI is InChI=1S/C14H26N6O/c1-7-15-11-16-12(19(5)6)18-13(17-11)20-8-10(2)21-14(3,4)9-20/h10H,7-9H2,1-6H3,(H,15,16,17,18). The highest BCUT2D eigenvalue weighted by Crippen LogP contribution is 2.25. The number of rotatable bonds is 4. The molecular weight excluding hydrogens is 268 g/mol. The number of hydrogen-bond donors (Lipinski definition) is 1. The maximum absolute atomic E-state index is 5.94. The molecule has 1 aromatic rings. The van der Waals surface area contributed by atoms with Crippen molar-refractivity contribution in [1.29, 1.82) is 0 Å². The molecule has 1 aromatic heterocycles. The Kier molecular flexibility index (Phi) is 4.51. The molecule has 0 bridgehead atoms. The molecule has 0 amide bonds. The third-order valence-electron chi connectivity index (χ3n) is 3.20. The summed E-state index contributed by atoms with van der Waals surface area (Å²) in [4.78, 5) is 17.6. The van der Waals surface area contributed by atoms with E-state index in [1.807, 2.05) is 25.9 Å². The van der Waals surface area contributed by atoms with E-state index in [1.54, 1.807) is 0 Å². The zero-order valence-corrected chi connectivity index (χ0v) is 13.8. The fourth-order valence-corrected chi connectivity index (χ4v) is 2.54. The summed E-state index contributed by atoms with van der Waals surface area (Å²) >= 11 is 0. The fourth-order valence-electron chi connectivity index (χ4n) is 2.54. The topological polar surface area (TPSA) is 66.4 Å². The minimum Gasteiger partial charge on any atom is -0.369 e. The van der Waals surface area contributed by atoms with Crippen molar-refractivity contribution in [3.05, 3.63) is 0 Å². The zero-order chi connectivity index (χ0) is 15.6. The monoisotopic (exact) mass is 294 g/mol. The highest BCUT2D eigenvalue weighted by molar-refractivity contribution is 5.45. The number of morpholine rings is 1. The molecule has 21 heavy (non-hydrogen) atoms. The number of nitrogens with zero attached hydrogens (tertiary/aromatic N) is 5. The van der Waals surface area contributed by atoms with E-state index in [9.17, 15) is 0 Å². The molecule has 118 valence electrons. The third-order valence-corrected chi connectivity index (χ3v) is 3.20. The lowest BCUT2D eigenvalue weighted by atomic mass is 10.1. The van der Waals surface area contributed by atoms with Gasteiger partial charge in [0.15, 0.2) is 0 Å². The molecule has 7 nitrogen and oxygen atoms in total. The maximum Gasteiger partial charge on any atom is 0.232 e. The van der Waals surface area contributed by atoms with E-state index >= 15 is 0 Å². The Morgan fingerprint density at radius 2 is 2.05 bits per heavy atom. The third kappa shape index (κ3) is 3.93. The van der Waals surface area contributed by atoms with Crippen LogP contribution in [0, 0.1) is 0 Å². The molecule has 1 unspecified atom stereocenters. The summed E-state index contributed by atoms with van der Waals surface area (Å²) in [5, 5.41) is 3.17. The normalized spacial score (nSPS) is 21.2. The van der Waals surface area contributed by atoms with Crippen molar-refractivity contribution in [3.63, 3.8) is 0 Å². The summed E-state index contributed by atoms with van der Waals surface area (Å²) in [5.74, 6) is 1.98. The summed E-state index contributed by atoms with van der Waals surface area (Å²) in [6.07, 6.45) is 0.149. The van der Waals surface area contributed by atoms with Crippen LogP contribution in [0.3, 0.4) is 0 Å². The highest BCUT2D eigenvalue weighted by atomic mass is 16.5. The smallest absolute Gasteiger partial charge is 0.232 e. The molecule has 0 spiro atoms. The minimum absolute atomic E-state index is 0.149. The van der Waals surface area contributed by atoms with Gasteiger partial charge in [-0.15, -0.1) is 0 Å². The van der Waals surface area contributed by atoms with Crippen molar-refractivity contribution < 1.29 is 4.74 Å². The Morgan fingerprint density at radius 3 is 2.62 bits per heavy atom. The van der Waals surface area contributed by atoms with Crippen LogP contribution in [-0.2, 0) is 4.74 Å². The first-order chi connectivity index (χ1) is 9.80. The van der Waals surface area contributed by atoms with Crippen molar-refractivity contribution in [2.75, 3.05) is 48.8 Å². The van der Waals surface area contributed by atoms with E-state index < -0.39 is 0 Å². The highest BCUT2D eigenvalue weighted by Gasteiger charge is 2.33. The Morgan fingerprint density at radius 1 is 1.33 bits per heavy atom. The SMILES string of the molecule is CCNc1nc(N(C)C)nc(N2CC(C)OC(C)(C)C2)n1. The van der Waals surface area contributed by atoms with Gasteiger partial charge in [-0.1, -0.05) is 0 Å². The van der Waals surface area contributed by atoms with Crippen molar-refractivity contribution in [2.45, 2.75) is 39.4 Å². The summed E-state index contributed by atoms with van der Waals surface area (Å²) in [6, 6.07) is 0. The van der Waals surface area contributed by atoms with E-state index in [-0.39, 0.29) is 11.7 Å². The molecule has 0 saturated carbocycles. The predicted octanol–water partition coefficient (Wildman–Crippen LogP) is 1.37. The van der Waals surface area contributed by atoms with Crippen LogP contribution in [0.5, 0.6) is 0 Å². The Balaban J connectivity index is 2.33.